The van der Waals surface area contributed by atoms with E-state index in [0.717, 1.165) is 12.1 Å². The van der Waals surface area contributed by atoms with Crippen LogP contribution in [-0.4, -0.2) is 23.7 Å². The van der Waals surface area contributed by atoms with Crippen molar-refractivity contribution in [3.63, 3.8) is 0 Å². The Kier molecular flexibility index (Phi) is 5.25. The van der Waals surface area contributed by atoms with Crippen LogP contribution in [0.2, 0.25) is 5.02 Å². The molecule has 0 radical (unpaired) electrons. The van der Waals surface area contributed by atoms with Crippen LogP contribution in [0.4, 0.5) is 0 Å². The number of hydrogen-bond donors (Lipinski definition) is 2. The average Bonchev–Trinajstić information content (AvgIpc) is 2.29. The lowest BCUT2D eigenvalue weighted by atomic mass is 10.2. The van der Waals surface area contributed by atoms with Gasteiger partial charge in [-0.1, -0.05) is 18.5 Å². The Hall–Kier alpha value is -1.26. The molecule has 0 aliphatic rings. The number of halogens is 1. The van der Waals surface area contributed by atoms with Crippen LogP contribution < -0.4 is 10.1 Å². The second-order valence-electron chi connectivity index (χ2n) is 3.63. The van der Waals surface area contributed by atoms with E-state index in [1.165, 1.54) is 6.92 Å². The average molecular weight is 258 g/mol. The highest BCUT2D eigenvalue weighted by molar-refractivity contribution is 6.30. The van der Waals surface area contributed by atoms with Crippen LogP contribution in [0.5, 0.6) is 5.75 Å². The number of benzene rings is 1. The lowest BCUT2D eigenvalue weighted by Crippen LogP contribution is -2.24. The first-order valence-electron chi connectivity index (χ1n) is 5.43. The van der Waals surface area contributed by atoms with Crippen LogP contribution >= 0.6 is 11.6 Å². The minimum Gasteiger partial charge on any atom is -0.479 e. The van der Waals surface area contributed by atoms with Gasteiger partial charge < -0.3 is 15.2 Å². The third-order valence-electron chi connectivity index (χ3n) is 2.24. The molecule has 94 valence electrons. The minimum absolute atomic E-state index is 0.547. The van der Waals surface area contributed by atoms with Crippen LogP contribution in [0.15, 0.2) is 18.2 Å². The molecular formula is C12H16ClNO3. The maximum Gasteiger partial charge on any atom is 0.344 e. The summed E-state index contributed by atoms with van der Waals surface area (Å²) in [5, 5.41) is 12.6. The number of hydrogen-bond acceptors (Lipinski definition) is 3. The number of carboxylic acids is 1. The fraction of sp³-hybridized carbons (Fsp3) is 0.417. The van der Waals surface area contributed by atoms with Gasteiger partial charge in [0.25, 0.3) is 0 Å². The molecule has 0 bridgehead atoms. The Morgan fingerprint density at radius 2 is 2.29 bits per heavy atom. The number of rotatable bonds is 6. The monoisotopic (exact) mass is 257 g/mol. The van der Waals surface area contributed by atoms with Gasteiger partial charge in [0.1, 0.15) is 5.75 Å². The third-order valence-corrected chi connectivity index (χ3v) is 2.47. The standard InChI is InChI=1S/C12H16ClNO3/c1-3-14-7-9-6-10(13)4-5-11(9)17-8(2)12(15)16/h4-6,8,14H,3,7H2,1-2H3,(H,15,16). The molecule has 1 rings (SSSR count). The highest BCUT2D eigenvalue weighted by Gasteiger charge is 2.14. The van der Waals surface area contributed by atoms with Gasteiger partial charge in [0.2, 0.25) is 0 Å². The molecule has 0 saturated carbocycles. The van der Waals surface area contributed by atoms with Crippen molar-refractivity contribution in [1.82, 2.24) is 5.32 Å². The molecule has 5 heteroatoms. The van der Waals surface area contributed by atoms with Crippen molar-refractivity contribution in [3.8, 4) is 5.75 Å². The lowest BCUT2D eigenvalue weighted by Gasteiger charge is -2.15. The number of nitrogens with one attached hydrogen (secondary N) is 1. The predicted octanol–water partition coefficient (Wildman–Crippen LogP) is 2.30. The number of carbonyl (C=O) groups is 1. The van der Waals surface area contributed by atoms with Crippen molar-refractivity contribution in [2.24, 2.45) is 0 Å². The molecule has 0 amide bonds. The zero-order valence-electron chi connectivity index (χ0n) is 9.87. The van der Waals surface area contributed by atoms with Crippen LogP contribution in [0.3, 0.4) is 0 Å². The van der Waals surface area contributed by atoms with Gasteiger partial charge in [-0.25, -0.2) is 4.79 Å². The molecule has 0 aliphatic heterocycles. The van der Waals surface area contributed by atoms with Crippen LogP contribution in [-0.2, 0) is 11.3 Å². The first kappa shape index (κ1) is 13.8. The van der Waals surface area contributed by atoms with E-state index < -0.39 is 12.1 Å². The summed E-state index contributed by atoms with van der Waals surface area (Å²) in [6.45, 7) is 4.90. The van der Waals surface area contributed by atoms with E-state index in [-0.39, 0.29) is 0 Å². The highest BCUT2D eigenvalue weighted by Crippen LogP contribution is 2.23. The van der Waals surface area contributed by atoms with E-state index in [9.17, 15) is 4.79 Å². The van der Waals surface area contributed by atoms with Gasteiger partial charge in [0.15, 0.2) is 6.10 Å². The maximum absolute atomic E-state index is 10.7. The third kappa shape index (κ3) is 4.24. The molecule has 1 aromatic rings. The number of aliphatic carboxylic acids is 1. The molecule has 1 unspecified atom stereocenters. The van der Waals surface area contributed by atoms with Gasteiger partial charge in [0, 0.05) is 17.1 Å². The fourth-order valence-corrected chi connectivity index (χ4v) is 1.50. The normalized spacial score (nSPS) is 12.2. The number of ether oxygens (including phenoxy) is 1. The number of carboxylic acid groups (broad SMARTS) is 1. The van der Waals surface area contributed by atoms with Crippen LogP contribution in [0.1, 0.15) is 19.4 Å². The Labute approximate surface area is 106 Å². The molecule has 0 aromatic heterocycles. The molecule has 17 heavy (non-hydrogen) atoms. The topological polar surface area (TPSA) is 58.6 Å². The molecule has 1 aromatic carbocycles. The summed E-state index contributed by atoms with van der Waals surface area (Å²) in [6.07, 6.45) is -0.878. The van der Waals surface area contributed by atoms with E-state index >= 15 is 0 Å². The quantitative estimate of drug-likeness (QED) is 0.821. The van der Waals surface area contributed by atoms with Crippen molar-refractivity contribution in [2.45, 2.75) is 26.5 Å². The molecule has 0 saturated heterocycles. The Morgan fingerprint density at radius 1 is 1.59 bits per heavy atom. The highest BCUT2D eigenvalue weighted by atomic mass is 35.5. The predicted molar refractivity (Wildman–Crippen MR) is 66.6 cm³/mol. The summed E-state index contributed by atoms with van der Waals surface area (Å²) in [7, 11) is 0. The molecule has 0 spiro atoms. The molecule has 4 nitrogen and oxygen atoms in total. The minimum atomic E-state index is -0.991. The lowest BCUT2D eigenvalue weighted by molar-refractivity contribution is -0.144. The van der Waals surface area contributed by atoms with Gasteiger partial charge in [-0.3, -0.25) is 0 Å². The van der Waals surface area contributed by atoms with Crippen molar-refractivity contribution in [1.29, 1.82) is 0 Å². The SMILES string of the molecule is CCNCc1cc(Cl)ccc1OC(C)C(=O)O. The summed E-state index contributed by atoms with van der Waals surface area (Å²) < 4.78 is 5.36. The summed E-state index contributed by atoms with van der Waals surface area (Å²) in [4.78, 5) is 10.7. The Balaban J connectivity index is 2.85. The second-order valence-corrected chi connectivity index (χ2v) is 4.07. The van der Waals surface area contributed by atoms with E-state index in [1.807, 2.05) is 6.92 Å². The maximum atomic E-state index is 10.7. The van der Waals surface area contributed by atoms with E-state index in [4.69, 9.17) is 21.4 Å². The molecule has 2 N–H and O–H groups in total. The van der Waals surface area contributed by atoms with Crippen molar-refractivity contribution in [2.75, 3.05) is 6.54 Å². The van der Waals surface area contributed by atoms with Gasteiger partial charge in [-0.05, 0) is 31.7 Å². The van der Waals surface area contributed by atoms with Gasteiger partial charge in [-0.15, -0.1) is 0 Å². The molecule has 0 heterocycles. The first-order valence-corrected chi connectivity index (χ1v) is 5.81. The Bertz CT molecular complexity index is 395. The van der Waals surface area contributed by atoms with Gasteiger partial charge in [0.05, 0.1) is 0 Å². The summed E-state index contributed by atoms with van der Waals surface area (Å²) >= 11 is 5.90. The van der Waals surface area contributed by atoms with E-state index in [0.29, 0.717) is 17.3 Å². The zero-order chi connectivity index (χ0) is 12.8. The largest absolute Gasteiger partial charge is 0.479 e. The second kappa shape index (κ2) is 6.47. The summed E-state index contributed by atoms with van der Waals surface area (Å²) in [5.74, 6) is -0.445. The summed E-state index contributed by atoms with van der Waals surface area (Å²) in [5.41, 5.74) is 0.854. The molecule has 1 atom stereocenters. The molecule has 0 aliphatic carbocycles. The zero-order valence-corrected chi connectivity index (χ0v) is 10.6. The molecule has 0 fully saturated rings. The molecular weight excluding hydrogens is 242 g/mol. The van der Waals surface area contributed by atoms with Gasteiger partial charge >= 0.3 is 5.97 Å². The van der Waals surface area contributed by atoms with Crippen molar-refractivity contribution < 1.29 is 14.6 Å². The van der Waals surface area contributed by atoms with E-state index in [1.54, 1.807) is 18.2 Å². The van der Waals surface area contributed by atoms with Gasteiger partial charge in [-0.2, -0.15) is 0 Å². The first-order chi connectivity index (χ1) is 8.04. The van der Waals surface area contributed by atoms with Crippen molar-refractivity contribution in [3.05, 3.63) is 28.8 Å². The van der Waals surface area contributed by atoms with Crippen molar-refractivity contribution >= 4 is 17.6 Å². The Morgan fingerprint density at radius 3 is 2.88 bits per heavy atom. The smallest absolute Gasteiger partial charge is 0.344 e. The summed E-state index contributed by atoms with van der Waals surface area (Å²) in [6, 6.07) is 5.14. The fourth-order valence-electron chi connectivity index (χ4n) is 1.30. The van der Waals surface area contributed by atoms with Crippen LogP contribution in [0, 0.1) is 0 Å². The van der Waals surface area contributed by atoms with Crippen LogP contribution in [0.25, 0.3) is 0 Å². The van der Waals surface area contributed by atoms with E-state index in [2.05, 4.69) is 5.32 Å².